The van der Waals surface area contributed by atoms with Gasteiger partial charge in [0.1, 0.15) is 0 Å². The Morgan fingerprint density at radius 2 is 2.36 bits per heavy atom. The fraction of sp³-hybridized carbons (Fsp3) is 0.125. The Morgan fingerprint density at radius 1 is 1.55 bits per heavy atom. The zero-order valence-corrected chi connectivity index (χ0v) is 7.71. The van der Waals surface area contributed by atoms with Gasteiger partial charge in [0.15, 0.2) is 0 Å². The minimum atomic E-state index is 0.636. The van der Waals surface area contributed by atoms with E-state index in [-0.39, 0.29) is 0 Å². The summed E-state index contributed by atoms with van der Waals surface area (Å²) in [7, 11) is 1.60. The van der Waals surface area contributed by atoms with Crippen molar-refractivity contribution in [2.75, 3.05) is 7.11 Å². The normalized spacial score (nSPS) is 10.4. The summed E-state index contributed by atoms with van der Waals surface area (Å²) in [5.74, 6) is 0.636. The fourth-order valence-electron chi connectivity index (χ4n) is 0.684. The molecule has 0 aromatic carbocycles. The molecule has 1 heterocycles. The van der Waals surface area contributed by atoms with Crippen molar-refractivity contribution < 1.29 is 4.74 Å². The molecule has 0 N–H and O–H groups in total. The van der Waals surface area contributed by atoms with Crippen LogP contribution >= 0.6 is 15.9 Å². The number of aromatic nitrogens is 1. The average molecular weight is 214 g/mol. The third-order valence-corrected chi connectivity index (χ3v) is 1.49. The molecule has 0 amide bonds. The van der Waals surface area contributed by atoms with E-state index in [1.807, 2.05) is 18.2 Å². The molecule has 0 fully saturated rings. The van der Waals surface area contributed by atoms with Gasteiger partial charge in [0.25, 0.3) is 0 Å². The third-order valence-electron chi connectivity index (χ3n) is 1.22. The van der Waals surface area contributed by atoms with Crippen molar-refractivity contribution in [1.29, 1.82) is 0 Å². The van der Waals surface area contributed by atoms with Gasteiger partial charge in [0.05, 0.1) is 7.11 Å². The van der Waals surface area contributed by atoms with Crippen LogP contribution < -0.4 is 4.74 Å². The van der Waals surface area contributed by atoms with Gasteiger partial charge in [-0.05, 0) is 22.7 Å². The van der Waals surface area contributed by atoms with Crippen LogP contribution in [0, 0.1) is 0 Å². The van der Waals surface area contributed by atoms with Gasteiger partial charge in [-0.2, -0.15) is 0 Å². The summed E-state index contributed by atoms with van der Waals surface area (Å²) >= 11 is 3.18. The maximum Gasteiger partial charge on any atom is 0.212 e. The predicted molar refractivity (Wildman–Crippen MR) is 48.8 cm³/mol. The van der Waals surface area contributed by atoms with E-state index < -0.39 is 0 Å². The minimum Gasteiger partial charge on any atom is -0.481 e. The van der Waals surface area contributed by atoms with Crippen LogP contribution in [0.15, 0.2) is 23.3 Å². The van der Waals surface area contributed by atoms with E-state index in [0.717, 1.165) is 5.56 Å². The van der Waals surface area contributed by atoms with Gasteiger partial charge in [-0.1, -0.05) is 15.9 Å². The van der Waals surface area contributed by atoms with E-state index in [0.29, 0.717) is 5.88 Å². The Balaban J connectivity index is 2.82. The molecule has 1 rings (SSSR count). The van der Waals surface area contributed by atoms with Gasteiger partial charge in [-0.25, -0.2) is 4.98 Å². The molecule has 0 aliphatic rings. The molecule has 2 nitrogen and oxygen atoms in total. The molecule has 1 aromatic rings. The summed E-state index contributed by atoms with van der Waals surface area (Å²) in [4.78, 5) is 5.81. The Hall–Kier alpha value is -0.830. The largest absolute Gasteiger partial charge is 0.481 e. The molecule has 0 atom stereocenters. The first kappa shape index (κ1) is 8.27. The second-order valence-corrected chi connectivity index (χ2v) is 2.46. The van der Waals surface area contributed by atoms with Crippen LogP contribution in [-0.4, -0.2) is 12.1 Å². The molecule has 0 radical (unpaired) electrons. The van der Waals surface area contributed by atoms with Gasteiger partial charge in [-0.15, -0.1) is 0 Å². The Morgan fingerprint density at radius 3 is 2.82 bits per heavy atom. The van der Waals surface area contributed by atoms with Crippen LogP contribution in [0.25, 0.3) is 6.08 Å². The average Bonchev–Trinajstić information content (AvgIpc) is 2.07. The van der Waals surface area contributed by atoms with Crippen molar-refractivity contribution in [3.8, 4) is 5.88 Å². The first-order valence-corrected chi connectivity index (χ1v) is 4.05. The summed E-state index contributed by atoms with van der Waals surface area (Å²) in [6.45, 7) is 0. The van der Waals surface area contributed by atoms with E-state index in [4.69, 9.17) is 4.74 Å². The smallest absolute Gasteiger partial charge is 0.212 e. The molecule has 0 saturated heterocycles. The molecule has 0 aliphatic heterocycles. The number of rotatable bonds is 2. The van der Waals surface area contributed by atoms with Gasteiger partial charge < -0.3 is 4.74 Å². The Bertz CT molecular complexity index is 243. The summed E-state index contributed by atoms with van der Waals surface area (Å²) in [6, 6.07) is 3.76. The fourth-order valence-corrected chi connectivity index (χ4v) is 0.989. The number of methoxy groups -OCH3 is 1. The van der Waals surface area contributed by atoms with Crippen molar-refractivity contribution in [2.24, 2.45) is 0 Å². The second-order valence-electron chi connectivity index (χ2n) is 1.93. The summed E-state index contributed by atoms with van der Waals surface area (Å²) in [5, 5.41) is 0. The number of halogens is 1. The van der Waals surface area contributed by atoms with Crippen LogP contribution in [-0.2, 0) is 0 Å². The van der Waals surface area contributed by atoms with Gasteiger partial charge >= 0.3 is 0 Å². The molecule has 58 valence electrons. The minimum absolute atomic E-state index is 0.636. The van der Waals surface area contributed by atoms with Gasteiger partial charge in [-0.3, -0.25) is 0 Å². The quantitative estimate of drug-likeness (QED) is 0.754. The Kier molecular flexibility index (Phi) is 3.11. The highest BCUT2D eigenvalue weighted by Crippen LogP contribution is 2.08. The van der Waals surface area contributed by atoms with E-state index in [2.05, 4.69) is 20.9 Å². The molecule has 11 heavy (non-hydrogen) atoms. The summed E-state index contributed by atoms with van der Waals surface area (Å²) < 4.78 is 4.90. The number of pyridine rings is 1. The molecule has 0 aliphatic carbocycles. The second kappa shape index (κ2) is 4.13. The Labute approximate surface area is 74.0 Å². The van der Waals surface area contributed by atoms with Crippen molar-refractivity contribution in [3.63, 3.8) is 0 Å². The number of ether oxygens (including phenoxy) is 1. The summed E-state index contributed by atoms with van der Waals surface area (Å²) in [6.07, 6.45) is 3.66. The van der Waals surface area contributed by atoms with Gasteiger partial charge in [0.2, 0.25) is 5.88 Å². The standard InChI is InChI=1S/C8H8BrNO/c1-11-8-3-2-7(4-5-9)6-10-8/h2-6H,1H3/b5-4+. The highest BCUT2D eigenvalue weighted by molar-refractivity contribution is 9.11. The van der Waals surface area contributed by atoms with Crippen molar-refractivity contribution >= 4 is 22.0 Å². The molecular formula is C8H8BrNO. The maximum absolute atomic E-state index is 4.90. The van der Waals surface area contributed by atoms with Crippen LogP contribution in [0.2, 0.25) is 0 Å². The molecule has 0 bridgehead atoms. The number of nitrogens with zero attached hydrogens (tertiary/aromatic N) is 1. The number of hydrogen-bond acceptors (Lipinski definition) is 2. The highest BCUT2D eigenvalue weighted by Gasteiger charge is 1.89. The molecule has 0 spiro atoms. The van der Waals surface area contributed by atoms with E-state index in [1.54, 1.807) is 18.3 Å². The third kappa shape index (κ3) is 2.35. The molecule has 1 aromatic heterocycles. The molecular weight excluding hydrogens is 206 g/mol. The molecule has 0 saturated carbocycles. The topological polar surface area (TPSA) is 22.1 Å². The van der Waals surface area contributed by atoms with Crippen molar-refractivity contribution in [3.05, 3.63) is 28.9 Å². The summed E-state index contributed by atoms with van der Waals surface area (Å²) in [5.41, 5.74) is 1.04. The van der Waals surface area contributed by atoms with E-state index in [1.165, 1.54) is 0 Å². The SMILES string of the molecule is COc1ccc(/C=C/Br)cn1. The first-order valence-electron chi connectivity index (χ1n) is 3.13. The first-order chi connectivity index (χ1) is 5.36. The van der Waals surface area contributed by atoms with Crippen molar-refractivity contribution in [1.82, 2.24) is 4.98 Å². The maximum atomic E-state index is 4.90. The highest BCUT2D eigenvalue weighted by atomic mass is 79.9. The van der Waals surface area contributed by atoms with Crippen LogP contribution in [0.3, 0.4) is 0 Å². The lowest BCUT2D eigenvalue weighted by Gasteiger charge is -1.96. The number of hydrogen-bond donors (Lipinski definition) is 0. The van der Waals surface area contributed by atoms with Crippen molar-refractivity contribution in [2.45, 2.75) is 0 Å². The zero-order valence-electron chi connectivity index (χ0n) is 6.12. The van der Waals surface area contributed by atoms with Gasteiger partial charge in [0, 0.05) is 12.3 Å². The van der Waals surface area contributed by atoms with E-state index >= 15 is 0 Å². The lowest BCUT2D eigenvalue weighted by atomic mass is 10.3. The van der Waals surface area contributed by atoms with Crippen LogP contribution in [0.1, 0.15) is 5.56 Å². The molecule has 3 heteroatoms. The van der Waals surface area contributed by atoms with Crippen LogP contribution in [0.5, 0.6) is 5.88 Å². The lowest BCUT2D eigenvalue weighted by Crippen LogP contribution is -1.85. The predicted octanol–water partition coefficient (Wildman–Crippen LogP) is 2.46. The van der Waals surface area contributed by atoms with E-state index in [9.17, 15) is 0 Å². The molecule has 0 unspecified atom stereocenters. The monoisotopic (exact) mass is 213 g/mol. The lowest BCUT2D eigenvalue weighted by molar-refractivity contribution is 0.398. The zero-order chi connectivity index (χ0) is 8.10. The van der Waals surface area contributed by atoms with Crippen LogP contribution in [0.4, 0.5) is 0 Å².